The van der Waals surface area contributed by atoms with Crippen LogP contribution in [0.5, 0.6) is 5.75 Å². The number of halogens is 1. The Labute approximate surface area is 211 Å². The van der Waals surface area contributed by atoms with Gasteiger partial charge in [-0.2, -0.15) is 0 Å². The molecule has 3 aromatic rings. The summed E-state index contributed by atoms with van der Waals surface area (Å²) in [7, 11) is 0. The Morgan fingerprint density at radius 3 is 2.44 bits per heavy atom. The molecule has 0 unspecified atom stereocenters. The van der Waals surface area contributed by atoms with Crippen molar-refractivity contribution in [2.24, 2.45) is 5.92 Å². The molecule has 5 rings (SSSR count). The van der Waals surface area contributed by atoms with Gasteiger partial charge in [-0.1, -0.05) is 42.8 Å². The van der Waals surface area contributed by atoms with E-state index in [1.165, 1.54) is 12.1 Å². The Morgan fingerprint density at radius 2 is 1.78 bits per heavy atom. The van der Waals surface area contributed by atoms with Crippen LogP contribution in [0, 0.1) is 18.7 Å². The monoisotopic (exact) mass is 486 g/mol. The molecule has 0 radical (unpaired) electrons. The van der Waals surface area contributed by atoms with Gasteiger partial charge in [-0.25, -0.2) is 4.39 Å². The molecule has 6 heteroatoms. The van der Waals surface area contributed by atoms with E-state index in [4.69, 9.17) is 4.74 Å². The molecule has 1 heterocycles. The normalized spacial score (nSPS) is 17.8. The zero-order chi connectivity index (χ0) is 25.2. The number of aryl methyl sites for hydroxylation is 1. The van der Waals surface area contributed by atoms with Crippen molar-refractivity contribution in [2.45, 2.75) is 51.7 Å². The summed E-state index contributed by atoms with van der Waals surface area (Å²) >= 11 is 0. The first kappa shape index (κ1) is 24.0. The summed E-state index contributed by atoms with van der Waals surface area (Å²) < 4.78 is 19.9. The molecule has 0 saturated heterocycles. The molecule has 5 nitrogen and oxygen atoms in total. The third-order valence-electron chi connectivity index (χ3n) is 7.00. The fraction of sp³-hybridized carbons (Fsp3) is 0.333. The zero-order valence-corrected chi connectivity index (χ0v) is 20.7. The predicted octanol–water partition coefficient (Wildman–Crippen LogP) is 5.81. The summed E-state index contributed by atoms with van der Waals surface area (Å²) in [5, 5.41) is 2.93. The Hall–Kier alpha value is -3.67. The molecule has 1 aliphatic heterocycles. The van der Waals surface area contributed by atoms with Crippen LogP contribution in [0.25, 0.3) is 0 Å². The first-order valence-electron chi connectivity index (χ1n) is 12.7. The van der Waals surface area contributed by atoms with Crippen molar-refractivity contribution in [3.05, 3.63) is 94.8 Å². The van der Waals surface area contributed by atoms with Crippen LogP contribution in [0.1, 0.15) is 54.5 Å². The Kier molecular flexibility index (Phi) is 6.77. The van der Waals surface area contributed by atoms with Gasteiger partial charge < -0.3 is 15.0 Å². The van der Waals surface area contributed by atoms with Crippen LogP contribution in [0.3, 0.4) is 0 Å². The number of fused-ring (bicyclic) bond motifs is 1. The predicted molar refractivity (Wildman–Crippen MR) is 137 cm³/mol. The number of hydrogen-bond acceptors (Lipinski definition) is 3. The van der Waals surface area contributed by atoms with Crippen LogP contribution >= 0.6 is 0 Å². The van der Waals surface area contributed by atoms with Gasteiger partial charge in [0.15, 0.2) is 6.10 Å². The van der Waals surface area contributed by atoms with Crippen molar-refractivity contribution < 1.29 is 18.7 Å². The van der Waals surface area contributed by atoms with Crippen LogP contribution in [0.2, 0.25) is 0 Å². The summed E-state index contributed by atoms with van der Waals surface area (Å²) in [6.45, 7) is 4.54. The molecule has 1 fully saturated rings. The molecule has 2 amide bonds. The van der Waals surface area contributed by atoms with Gasteiger partial charge in [0.1, 0.15) is 11.6 Å². The van der Waals surface area contributed by atoms with Crippen molar-refractivity contribution in [1.82, 2.24) is 4.90 Å². The van der Waals surface area contributed by atoms with E-state index in [-0.39, 0.29) is 29.6 Å². The maximum Gasteiger partial charge on any atom is 0.265 e. The molecule has 36 heavy (non-hydrogen) atoms. The fourth-order valence-electron chi connectivity index (χ4n) is 4.82. The third kappa shape index (κ3) is 5.13. The second-order valence-corrected chi connectivity index (χ2v) is 9.74. The minimum atomic E-state index is -0.665. The van der Waals surface area contributed by atoms with Gasteiger partial charge >= 0.3 is 0 Å². The highest BCUT2D eigenvalue weighted by Crippen LogP contribution is 2.41. The van der Waals surface area contributed by atoms with E-state index in [1.54, 1.807) is 12.1 Å². The van der Waals surface area contributed by atoms with Crippen molar-refractivity contribution in [2.75, 3.05) is 11.9 Å². The number of nitrogens with zero attached hydrogens (tertiary/aromatic N) is 1. The molecule has 0 bridgehead atoms. The van der Waals surface area contributed by atoms with Gasteiger partial charge in [0.25, 0.3) is 5.91 Å². The number of carbonyl (C=O) groups is 2. The molecular formula is C30H31FN2O3. The number of amides is 2. The van der Waals surface area contributed by atoms with Crippen molar-refractivity contribution >= 4 is 17.5 Å². The van der Waals surface area contributed by atoms with Gasteiger partial charge in [0, 0.05) is 18.2 Å². The van der Waals surface area contributed by atoms with E-state index in [9.17, 15) is 14.0 Å². The number of carbonyl (C=O) groups excluding carboxylic acids is 2. The van der Waals surface area contributed by atoms with Crippen molar-refractivity contribution in [3.63, 3.8) is 0 Å². The smallest absolute Gasteiger partial charge is 0.265 e. The van der Waals surface area contributed by atoms with E-state index in [0.717, 1.165) is 47.2 Å². The number of hydrogen-bond donors (Lipinski definition) is 1. The lowest BCUT2D eigenvalue weighted by molar-refractivity contribution is -0.134. The average molecular weight is 487 g/mol. The standard InChI is InChI=1S/C30H31FN2O3/c1-3-27(29(34)32-24-13-4-19(2)5-14-24)36-25-15-10-20-16-17-33(30(35)22-6-7-22)28(26(20)18-25)21-8-11-23(31)12-9-21/h4-5,8-15,18,22,27-28H,3,6-7,16-17H2,1-2H3,(H,32,34)/t27-,28+/m0/s1. The number of nitrogens with one attached hydrogen (secondary N) is 1. The van der Waals surface area contributed by atoms with Gasteiger partial charge in [-0.3, -0.25) is 9.59 Å². The van der Waals surface area contributed by atoms with Crippen LogP contribution in [-0.4, -0.2) is 29.4 Å². The van der Waals surface area contributed by atoms with Crippen LogP contribution < -0.4 is 10.1 Å². The minimum Gasteiger partial charge on any atom is -0.481 e. The lowest BCUT2D eigenvalue weighted by atomic mass is 9.87. The zero-order valence-electron chi connectivity index (χ0n) is 20.7. The fourth-order valence-corrected chi connectivity index (χ4v) is 4.82. The molecule has 186 valence electrons. The quantitative estimate of drug-likeness (QED) is 0.458. The van der Waals surface area contributed by atoms with Crippen LogP contribution in [0.4, 0.5) is 10.1 Å². The molecule has 1 aliphatic carbocycles. The molecule has 1 N–H and O–H groups in total. The Bertz CT molecular complexity index is 1250. The maximum atomic E-state index is 13.7. The number of ether oxygens (including phenoxy) is 1. The molecule has 0 aromatic heterocycles. The largest absolute Gasteiger partial charge is 0.481 e. The van der Waals surface area contributed by atoms with Crippen molar-refractivity contribution in [1.29, 1.82) is 0 Å². The molecule has 3 aromatic carbocycles. The van der Waals surface area contributed by atoms with Crippen LogP contribution in [0.15, 0.2) is 66.7 Å². The first-order valence-corrected chi connectivity index (χ1v) is 12.7. The summed E-state index contributed by atoms with van der Waals surface area (Å²) in [6, 6.07) is 19.6. The average Bonchev–Trinajstić information content (AvgIpc) is 3.74. The molecule has 2 aliphatic rings. The summed E-state index contributed by atoms with van der Waals surface area (Å²) in [5.74, 6) is 0.304. The minimum absolute atomic E-state index is 0.0869. The van der Waals surface area contributed by atoms with Crippen LogP contribution in [-0.2, 0) is 16.0 Å². The SMILES string of the molecule is CC[C@H](Oc1ccc2c(c1)[C@@H](c1ccc(F)cc1)N(C(=O)C1CC1)CC2)C(=O)Nc1ccc(C)cc1. The summed E-state index contributed by atoms with van der Waals surface area (Å²) in [4.78, 5) is 28.0. The molecule has 0 spiro atoms. The second kappa shape index (κ2) is 10.1. The van der Waals surface area contributed by atoms with Gasteiger partial charge in [-0.05, 0) is 85.7 Å². The summed E-state index contributed by atoms with van der Waals surface area (Å²) in [5.41, 5.74) is 4.81. The van der Waals surface area contributed by atoms with Gasteiger partial charge in [-0.15, -0.1) is 0 Å². The highest BCUT2D eigenvalue weighted by atomic mass is 19.1. The number of anilines is 1. The van der Waals surface area contributed by atoms with E-state index < -0.39 is 6.10 Å². The third-order valence-corrected chi connectivity index (χ3v) is 7.00. The Balaban J connectivity index is 1.42. The molecule has 1 saturated carbocycles. The van der Waals surface area contributed by atoms with Gasteiger partial charge in [0.2, 0.25) is 5.91 Å². The topological polar surface area (TPSA) is 58.6 Å². The molecular weight excluding hydrogens is 455 g/mol. The lowest BCUT2D eigenvalue weighted by Crippen LogP contribution is -2.41. The van der Waals surface area contributed by atoms with Crippen molar-refractivity contribution in [3.8, 4) is 5.75 Å². The second-order valence-electron chi connectivity index (χ2n) is 9.74. The first-order chi connectivity index (χ1) is 17.4. The van der Waals surface area contributed by atoms with E-state index in [0.29, 0.717) is 18.7 Å². The number of rotatable bonds is 7. The highest BCUT2D eigenvalue weighted by molar-refractivity contribution is 5.94. The lowest BCUT2D eigenvalue weighted by Gasteiger charge is -2.38. The Morgan fingerprint density at radius 1 is 1.06 bits per heavy atom. The summed E-state index contributed by atoms with van der Waals surface area (Å²) in [6.07, 6.45) is 2.44. The highest BCUT2D eigenvalue weighted by Gasteiger charge is 2.39. The van der Waals surface area contributed by atoms with E-state index in [2.05, 4.69) is 5.32 Å². The van der Waals surface area contributed by atoms with Gasteiger partial charge in [0.05, 0.1) is 6.04 Å². The van der Waals surface area contributed by atoms with E-state index in [1.807, 2.05) is 61.2 Å². The number of benzene rings is 3. The van der Waals surface area contributed by atoms with E-state index >= 15 is 0 Å². The maximum absolute atomic E-state index is 13.7. The molecule has 2 atom stereocenters.